The molecule has 0 unspecified atom stereocenters. The van der Waals surface area contributed by atoms with Crippen molar-refractivity contribution in [3.8, 4) is 0 Å². The second-order valence-corrected chi connectivity index (χ2v) is 9.00. The summed E-state index contributed by atoms with van der Waals surface area (Å²) in [5.41, 5.74) is 2.74. The number of hydrogen-bond donors (Lipinski definition) is 0. The van der Waals surface area contributed by atoms with Crippen LogP contribution in [0.2, 0.25) is 11.6 Å². The molecule has 2 aliphatic carbocycles. The fraction of sp³-hybridized carbons (Fsp3) is 0.760. The molecule has 3 heteroatoms. The molecule has 2 nitrogen and oxygen atoms in total. The van der Waals surface area contributed by atoms with E-state index >= 15 is 0 Å². The number of hydrogen-bond acceptors (Lipinski definition) is 2. The van der Waals surface area contributed by atoms with Gasteiger partial charge in [-0.2, -0.15) is 0 Å². The van der Waals surface area contributed by atoms with Crippen LogP contribution in [0.5, 0.6) is 0 Å². The lowest BCUT2D eigenvalue weighted by Gasteiger charge is -2.35. The number of rotatable bonds is 10. The lowest BCUT2D eigenvalue weighted by molar-refractivity contribution is 0.114. The highest BCUT2D eigenvalue weighted by Crippen LogP contribution is 2.42. The van der Waals surface area contributed by atoms with Crippen LogP contribution in [-0.4, -0.2) is 13.5 Å². The van der Waals surface area contributed by atoms with Crippen molar-refractivity contribution in [2.45, 2.75) is 116 Å². The second-order valence-electron chi connectivity index (χ2n) is 9.00. The minimum atomic E-state index is 0.355. The van der Waals surface area contributed by atoms with Crippen molar-refractivity contribution in [2.24, 2.45) is 0 Å². The lowest BCUT2D eigenvalue weighted by atomic mass is 9.42. The fourth-order valence-electron chi connectivity index (χ4n) is 4.76. The SMILES string of the molecule is C/C=C(\OC/C(C)=C/CC/C(C)=C/C)OB(C1CCCCC1)C1CCCCC1. The summed E-state index contributed by atoms with van der Waals surface area (Å²) >= 11 is 0. The first-order valence-electron chi connectivity index (χ1n) is 11.9. The van der Waals surface area contributed by atoms with Gasteiger partial charge in [0.25, 0.3) is 5.95 Å². The Morgan fingerprint density at radius 3 is 1.89 bits per heavy atom. The van der Waals surface area contributed by atoms with E-state index in [-0.39, 0.29) is 0 Å². The molecule has 0 amide bonds. The molecule has 0 saturated heterocycles. The van der Waals surface area contributed by atoms with Crippen LogP contribution in [0.15, 0.2) is 35.3 Å². The molecule has 2 rings (SSSR count). The normalized spacial score (nSPS) is 20.9. The summed E-state index contributed by atoms with van der Waals surface area (Å²) < 4.78 is 12.7. The Bertz CT molecular complexity index is 505. The summed E-state index contributed by atoms with van der Waals surface area (Å²) in [7, 11) is 0. The van der Waals surface area contributed by atoms with Gasteiger partial charge in [-0.05, 0) is 63.8 Å². The van der Waals surface area contributed by atoms with Gasteiger partial charge in [-0.1, -0.05) is 81.9 Å². The van der Waals surface area contributed by atoms with Crippen molar-refractivity contribution in [1.29, 1.82) is 0 Å². The topological polar surface area (TPSA) is 18.5 Å². The first kappa shape index (κ1) is 23.2. The largest absolute Gasteiger partial charge is 0.536 e. The quantitative estimate of drug-likeness (QED) is 0.214. The van der Waals surface area contributed by atoms with Gasteiger partial charge in [0.05, 0.1) is 0 Å². The third kappa shape index (κ3) is 8.09. The average molecular weight is 386 g/mol. The summed E-state index contributed by atoms with van der Waals surface area (Å²) in [6, 6.07) is 0. The van der Waals surface area contributed by atoms with Crippen molar-refractivity contribution in [1.82, 2.24) is 0 Å². The monoisotopic (exact) mass is 386 g/mol. The Labute approximate surface area is 175 Å². The van der Waals surface area contributed by atoms with Gasteiger partial charge < -0.3 is 9.39 Å². The highest BCUT2D eigenvalue weighted by Gasteiger charge is 2.38. The molecule has 0 aromatic heterocycles. The van der Waals surface area contributed by atoms with Crippen LogP contribution in [0, 0.1) is 0 Å². The Hall–Kier alpha value is -1.12. The molecule has 2 aliphatic rings. The minimum absolute atomic E-state index is 0.355. The van der Waals surface area contributed by atoms with Gasteiger partial charge in [0.1, 0.15) is 6.61 Å². The van der Waals surface area contributed by atoms with Gasteiger partial charge in [-0.3, -0.25) is 0 Å². The molecule has 28 heavy (non-hydrogen) atoms. The molecule has 0 heterocycles. The van der Waals surface area contributed by atoms with Crippen LogP contribution in [-0.2, 0) is 9.39 Å². The van der Waals surface area contributed by atoms with E-state index < -0.39 is 0 Å². The second kappa shape index (κ2) is 13.2. The first-order valence-corrected chi connectivity index (χ1v) is 11.9. The third-order valence-corrected chi connectivity index (χ3v) is 6.68. The molecule has 0 radical (unpaired) electrons. The highest BCUT2D eigenvalue weighted by atomic mass is 16.7. The Morgan fingerprint density at radius 1 is 0.821 bits per heavy atom. The van der Waals surface area contributed by atoms with E-state index in [1.54, 1.807) is 0 Å². The van der Waals surface area contributed by atoms with Crippen molar-refractivity contribution >= 4 is 6.92 Å². The maximum atomic E-state index is 6.59. The van der Waals surface area contributed by atoms with E-state index in [1.165, 1.54) is 75.4 Å². The molecule has 0 aromatic rings. The molecule has 0 bridgehead atoms. The summed E-state index contributed by atoms with van der Waals surface area (Å²) in [6.45, 7) is 9.51. The van der Waals surface area contributed by atoms with Gasteiger partial charge in [0, 0.05) is 0 Å². The van der Waals surface area contributed by atoms with E-state index in [2.05, 4.69) is 32.9 Å². The minimum Gasteiger partial charge on any atom is -0.536 e. The van der Waals surface area contributed by atoms with E-state index in [9.17, 15) is 0 Å². The zero-order valence-electron chi connectivity index (χ0n) is 19.0. The van der Waals surface area contributed by atoms with Crippen molar-refractivity contribution in [3.63, 3.8) is 0 Å². The van der Waals surface area contributed by atoms with Gasteiger partial charge in [0.15, 0.2) is 0 Å². The fourth-order valence-corrected chi connectivity index (χ4v) is 4.76. The zero-order valence-corrected chi connectivity index (χ0v) is 19.0. The molecular formula is C25H43BO2. The molecule has 158 valence electrons. The molecule has 2 fully saturated rings. The van der Waals surface area contributed by atoms with Crippen LogP contribution < -0.4 is 0 Å². The van der Waals surface area contributed by atoms with Gasteiger partial charge in [0.2, 0.25) is 0 Å². The van der Waals surface area contributed by atoms with Crippen LogP contribution in [0.1, 0.15) is 105 Å². The Kier molecular flexibility index (Phi) is 10.9. The zero-order chi connectivity index (χ0) is 20.2. The maximum absolute atomic E-state index is 6.59. The van der Waals surface area contributed by atoms with Gasteiger partial charge >= 0.3 is 6.92 Å². The molecule has 0 aromatic carbocycles. The summed E-state index contributed by atoms with van der Waals surface area (Å²) in [5.74, 6) is 2.19. The number of ether oxygens (including phenoxy) is 1. The van der Waals surface area contributed by atoms with E-state index in [0.717, 1.165) is 30.4 Å². The highest BCUT2D eigenvalue weighted by molar-refractivity contribution is 6.55. The van der Waals surface area contributed by atoms with E-state index in [4.69, 9.17) is 9.39 Å². The van der Waals surface area contributed by atoms with Crippen LogP contribution in [0.4, 0.5) is 0 Å². The standard InChI is InChI=1S/C25H43BO2/c1-5-21(3)14-13-15-22(4)20-27-25(6-2)28-26(23-16-9-7-10-17-23)24-18-11-8-12-19-24/h5-6,15,23-24H,7-14,16-20H2,1-4H3/b21-5+,22-15+,25-6+. The first-order chi connectivity index (χ1) is 13.6. The smallest absolute Gasteiger partial charge is 0.368 e. The predicted octanol–water partition coefficient (Wildman–Crippen LogP) is 8.23. The Balaban J connectivity index is 1.89. The summed E-state index contributed by atoms with van der Waals surface area (Å²) in [6.07, 6.45) is 22.4. The third-order valence-electron chi connectivity index (χ3n) is 6.68. The maximum Gasteiger partial charge on any atom is 0.368 e. The number of allylic oxidation sites excluding steroid dienone is 4. The molecule has 0 atom stereocenters. The van der Waals surface area contributed by atoms with Gasteiger partial charge in [-0.15, -0.1) is 0 Å². The predicted molar refractivity (Wildman–Crippen MR) is 123 cm³/mol. The van der Waals surface area contributed by atoms with E-state index in [1.807, 2.05) is 13.0 Å². The van der Waals surface area contributed by atoms with Crippen molar-refractivity contribution in [2.75, 3.05) is 6.61 Å². The van der Waals surface area contributed by atoms with Gasteiger partial charge in [-0.25, -0.2) is 0 Å². The van der Waals surface area contributed by atoms with Crippen LogP contribution in [0.3, 0.4) is 0 Å². The molecule has 0 aliphatic heterocycles. The van der Waals surface area contributed by atoms with Crippen LogP contribution >= 0.6 is 0 Å². The van der Waals surface area contributed by atoms with Crippen molar-refractivity contribution < 1.29 is 9.39 Å². The van der Waals surface area contributed by atoms with E-state index in [0.29, 0.717) is 13.5 Å². The average Bonchev–Trinajstić information content (AvgIpc) is 2.75. The molecule has 2 saturated carbocycles. The molecular weight excluding hydrogens is 343 g/mol. The molecule has 0 N–H and O–H groups in total. The van der Waals surface area contributed by atoms with Crippen molar-refractivity contribution in [3.05, 3.63) is 35.3 Å². The summed E-state index contributed by atoms with van der Waals surface area (Å²) in [4.78, 5) is 0. The lowest BCUT2D eigenvalue weighted by Crippen LogP contribution is -2.33. The molecule has 0 spiro atoms. The van der Waals surface area contributed by atoms with Crippen LogP contribution in [0.25, 0.3) is 0 Å². The summed E-state index contributed by atoms with van der Waals surface area (Å²) in [5, 5.41) is 0. The Morgan fingerprint density at radius 2 is 1.39 bits per heavy atom.